The SMILES string of the molecule is COC(=O)c1ccn[nH]1.Cl. The average molecular weight is 163 g/mol. The van der Waals surface area contributed by atoms with E-state index in [9.17, 15) is 4.79 Å². The number of nitrogens with one attached hydrogen (secondary N) is 1. The second-order valence-electron chi connectivity index (χ2n) is 1.46. The summed E-state index contributed by atoms with van der Waals surface area (Å²) in [5.41, 5.74) is 0.373. The van der Waals surface area contributed by atoms with Crippen LogP contribution in [0.25, 0.3) is 0 Å². The summed E-state index contributed by atoms with van der Waals surface area (Å²) in [5.74, 6) is -0.396. The molecule has 1 heterocycles. The Morgan fingerprint density at radius 3 is 2.90 bits per heavy atom. The van der Waals surface area contributed by atoms with Crippen LogP contribution in [0.3, 0.4) is 0 Å². The van der Waals surface area contributed by atoms with Gasteiger partial charge in [0.1, 0.15) is 5.69 Å². The Balaban J connectivity index is 0.000000810. The molecular weight excluding hydrogens is 156 g/mol. The number of H-pyrrole nitrogens is 1. The van der Waals surface area contributed by atoms with Gasteiger partial charge in [0.05, 0.1) is 7.11 Å². The van der Waals surface area contributed by atoms with Crippen molar-refractivity contribution >= 4 is 18.4 Å². The Bertz CT molecular complexity index is 197. The van der Waals surface area contributed by atoms with E-state index in [-0.39, 0.29) is 12.4 Å². The predicted molar refractivity (Wildman–Crippen MR) is 37.2 cm³/mol. The van der Waals surface area contributed by atoms with Crippen molar-refractivity contribution in [1.29, 1.82) is 0 Å². The predicted octanol–water partition coefficient (Wildman–Crippen LogP) is 0.618. The fraction of sp³-hybridized carbons (Fsp3) is 0.200. The lowest BCUT2D eigenvalue weighted by atomic mass is 10.4. The summed E-state index contributed by atoms with van der Waals surface area (Å²) in [6.45, 7) is 0. The molecule has 0 aliphatic carbocycles. The lowest BCUT2D eigenvalue weighted by Crippen LogP contribution is -2.00. The standard InChI is InChI=1S/C5H6N2O2.ClH/c1-9-5(8)4-2-3-6-7-4;/h2-3H,1H3,(H,6,7);1H. The van der Waals surface area contributed by atoms with Crippen LogP contribution < -0.4 is 0 Å². The second kappa shape index (κ2) is 3.90. The Hall–Kier alpha value is -1.03. The Kier molecular flexibility index (Phi) is 3.49. The molecule has 0 aliphatic rings. The Labute approximate surface area is 64.0 Å². The van der Waals surface area contributed by atoms with Gasteiger partial charge in [0, 0.05) is 6.20 Å². The number of methoxy groups -OCH3 is 1. The average Bonchev–Trinajstić information content (AvgIpc) is 2.37. The van der Waals surface area contributed by atoms with Crippen molar-refractivity contribution in [2.45, 2.75) is 0 Å². The van der Waals surface area contributed by atoms with Crippen molar-refractivity contribution in [2.24, 2.45) is 0 Å². The zero-order valence-electron chi connectivity index (χ0n) is 5.33. The Morgan fingerprint density at radius 2 is 2.50 bits per heavy atom. The van der Waals surface area contributed by atoms with E-state index in [1.54, 1.807) is 6.07 Å². The van der Waals surface area contributed by atoms with Gasteiger partial charge in [-0.1, -0.05) is 0 Å². The maximum Gasteiger partial charge on any atom is 0.356 e. The number of aromatic amines is 1. The molecule has 0 unspecified atom stereocenters. The lowest BCUT2D eigenvalue weighted by Gasteiger charge is -1.90. The monoisotopic (exact) mass is 162 g/mol. The van der Waals surface area contributed by atoms with Crippen molar-refractivity contribution < 1.29 is 9.53 Å². The summed E-state index contributed by atoms with van der Waals surface area (Å²) in [4.78, 5) is 10.6. The molecule has 1 aromatic rings. The van der Waals surface area contributed by atoms with Crippen LogP contribution in [0.15, 0.2) is 12.3 Å². The number of nitrogens with zero attached hydrogens (tertiary/aromatic N) is 1. The van der Waals surface area contributed by atoms with E-state index in [1.165, 1.54) is 13.3 Å². The molecule has 0 bridgehead atoms. The summed E-state index contributed by atoms with van der Waals surface area (Å²) >= 11 is 0. The van der Waals surface area contributed by atoms with Gasteiger partial charge < -0.3 is 4.74 Å². The topological polar surface area (TPSA) is 55.0 Å². The number of carbonyl (C=O) groups excluding carboxylic acids is 1. The van der Waals surface area contributed by atoms with Crippen LogP contribution in [0, 0.1) is 0 Å². The van der Waals surface area contributed by atoms with Gasteiger partial charge in [-0.25, -0.2) is 4.79 Å². The molecule has 0 aromatic carbocycles. The molecule has 4 nitrogen and oxygen atoms in total. The third-order valence-electron chi connectivity index (χ3n) is 0.906. The first kappa shape index (κ1) is 8.97. The van der Waals surface area contributed by atoms with E-state index >= 15 is 0 Å². The van der Waals surface area contributed by atoms with Gasteiger partial charge in [0.15, 0.2) is 0 Å². The number of rotatable bonds is 1. The van der Waals surface area contributed by atoms with Crippen LogP contribution in [0.5, 0.6) is 0 Å². The summed E-state index contributed by atoms with van der Waals surface area (Å²) in [7, 11) is 1.32. The summed E-state index contributed by atoms with van der Waals surface area (Å²) in [6, 6.07) is 1.55. The number of hydrogen-bond acceptors (Lipinski definition) is 3. The number of halogens is 1. The highest BCUT2D eigenvalue weighted by Crippen LogP contribution is 1.92. The van der Waals surface area contributed by atoms with Gasteiger partial charge in [-0.05, 0) is 6.07 Å². The summed E-state index contributed by atoms with van der Waals surface area (Å²) < 4.78 is 4.38. The van der Waals surface area contributed by atoms with E-state index in [2.05, 4.69) is 14.9 Å². The third kappa shape index (κ3) is 1.73. The van der Waals surface area contributed by atoms with E-state index in [4.69, 9.17) is 0 Å². The van der Waals surface area contributed by atoms with E-state index in [0.717, 1.165) is 0 Å². The number of carbonyl (C=O) groups is 1. The molecule has 0 fully saturated rings. The summed E-state index contributed by atoms with van der Waals surface area (Å²) in [6.07, 6.45) is 1.49. The van der Waals surface area contributed by atoms with Gasteiger partial charge in [-0.15, -0.1) is 12.4 Å². The Morgan fingerprint density at radius 1 is 1.80 bits per heavy atom. The number of hydrogen-bond donors (Lipinski definition) is 1. The minimum Gasteiger partial charge on any atom is -0.464 e. The maximum atomic E-state index is 10.6. The molecule has 0 spiro atoms. The van der Waals surface area contributed by atoms with E-state index in [0.29, 0.717) is 5.69 Å². The molecule has 0 saturated heterocycles. The molecule has 1 rings (SSSR count). The van der Waals surface area contributed by atoms with E-state index in [1.807, 2.05) is 0 Å². The highest BCUT2D eigenvalue weighted by Gasteiger charge is 2.03. The molecule has 1 N–H and O–H groups in total. The fourth-order valence-corrected chi connectivity index (χ4v) is 0.480. The van der Waals surface area contributed by atoms with Gasteiger partial charge in [-0.2, -0.15) is 5.10 Å². The number of ether oxygens (including phenoxy) is 1. The maximum absolute atomic E-state index is 10.6. The highest BCUT2D eigenvalue weighted by atomic mass is 35.5. The first-order chi connectivity index (χ1) is 4.34. The first-order valence-corrected chi connectivity index (χ1v) is 2.42. The number of aromatic nitrogens is 2. The van der Waals surface area contributed by atoms with Crippen LogP contribution in [-0.4, -0.2) is 23.3 Å². The zero-order chi connectivity index (χ0) is 6.69. The van der Waals surface area contributed by atoms with E-state index < -0.39 is 5.97 Å². The van der Waals surface area contributed by atoms with Crippen LogP contribution in [0.4, 0.5) is 0 Å². The summed E-state index contributed by atoms with van der Waals surface area (Å²) in [5, 5.41) is 6.03. The van der Waals surface area contributed by atoms with Gasteiger partial charge >= 0.3 is 5.97 Å². The molecule has 5 heteroatoms. The van der Waals surface area contributed by atoms with Crippen molar-refractivity contribution in [3.63, 3.8) is 0 Å². The molecule has 0 atom stereocenters. The molecule has 56 valence electrons. The second-order valence-corrected chi connectivity index (χ2v) is 1.46. The molecule has 0 aliphatic heterocycles. The van der Waals surface area contributed by atoms with Gasteiger partial charge in [-0.3, -0.25) is 5.10 Å². The van der Waals surface area contributed by atoms with Crippen LogP contribution in [0.2, 0.25) is 0 Å². The van der Waals surface area contributed by atoms with Gasteiger partial charge in [0.25, 0.3) is 0 Å². The number of esters is 1. The molecule has 0 amide bonds. The molecular formula is C5H7ClN2O2. The van der Waals surface area contributed by atoms with Gasteiger partial charge in [0.2, 0.25) is 0 Å². The van der Waals surface area contributed by atoms with Crippen molar-refractivity contribution in [2.75, 3.05) is 7.11 Å². The zero-order valence-corrected chi connectivity index (χ0v) is 6.14. The van der Waals surface area contributed by atoms with Crippen LogP contribution in [-0.2, 0) is 4.74 Å². The highest BCUT2D eigenvalue weighted by molar-refractivity contribution is 5.86. The van der Waals surface area contributed by atoms with Crippen molar-refractivity contribution in [1.82, 2.24) is 10.2 Å². The largest absolute Gasteiger partial charge is 0.464 e. The minimum atomic E-state index is -0.396. The minimum absolute atomic E-state index is 0. The molecule has 1 aromatic heterocycles. The molecule has 0 radical (unpaired) electrons. The first-order valence-electron chi connectivity index (χ1n) is 2.42. The van der Waals surface area contributed by atoms with Crippen LogP contribution >= 0.6 is 12.4 Å². The third-order valence-corrected chi connectivity index (χ3v) is 0.906. The normalized spacial score (nSPS) is 8.10. The van der Waals surface area contributed by atoms with Crippen LogP contribution in [0.1, 0.15) is 10.5 Å². The van der Waals surface area contributed by atoms with Crippen molar-refractivity contribution in [3.8, 4) is 0 Å². The quantitative estimate of drug-likeness (QED) is 0.616. The molecule has 0 saturated carbocycles. The fourth-order valence-electron chi connectivity index (χ4n) is 0.480. The smallest absolute Gasteiger partial charge is 0.356 e. The molecule has 10 heavy (non-hydrogen) atoms. The van der Waals surface area contributed by atoms with Crippen molar-refractivity contribution in [3.05, 3.63) is 18.0 Å². The lowest BCUT2D eigenvalue weighted by molar-refractivity contribution is 0.0594.